The molecule has 8 nitrogen and oxygen atoms in total. The van der Waals surface area contributed by atoms with Gasteiger partial charge in [0.05, 0.1) is 30.6 Å². The van der Waals surface area contributed by atoms with Gasteiger partial charge in [-0.05, 0) is 32.6 Å². The van der Waals surface area contributed by atoms with Crippen molar-refractivity contribution in [2.75, 3.05) is 34.3 Å². The van der Waals surface area contributed by atoms with Crippen LogP contribution in [0, 0.1) is 0 Å². The summed E-state index contributed by atoms with van der Waals surface area (Å²) >= 11 is 0. The van der Waals surface area contributed by atoms with E-state index in [1.807, 2.05) is 29.7 Å². The van der Waals surface area contributed by atoms with E-state index in [9.17, 15) is 9.90 Å². The van der Waals surface area contributed by atoms with Crippen LogP contribution in [0.3, 0.4) is 0 Å². The molecule has 0 saturated heterocycles. The van der Waals surface area contributed by atoms with Gasteiger partial charge in [0.2, 0.25) is 5.88 Å². The highest BCUT2D eigenvalue weighted by atomic mass is 16.5. The van der Waals surface area contributed by atoms with Gasteiger partial charge in [0.25, 0.3) is 5.91 Å². The molecule has 2 aromatic rings. The molecule has 0 radical (unpaired) electrons. The molecular formula is C18H25N5O3. The van der Waals surface area contributed by atoms with Crippen LogP contribution in [0.2, 0.25) is 0 Å². The first-order valence-electron chi connectivity index (χ1n) is 8.66. The van der Waals surface area contributed by atoms with Crippen LogP contribution < -0.4 is 4.74 Å². The van der Waals surface area contributed by atoms with Crippen LogP contribution in [0.25, 0.3) is 0 Å². The van der Waals surface area contributed by atoms with Crippen molar-refractivity contribution in [3.63, 3.8) is 0 Å². The largest absolute Gasteiger partial charge is 0.481 e. The zero-order valence-corrected chi connectivity index (χ0v) is 15.4. The molecule has 1 aliphatic heterocycles. The second kappa shape index (κ2) is 7.84. The summed E-state index contributed by atoms with van der Waals surface area (Å²) in [5.41, 5.74) is 2.12. The standard InChI is InChI=1S/C18H25N5O3/c1-21(2)12-16(24)15-9-14-11-22(7-4-8-23(14)20-15)18(25)13-5-6-17(26-3)19-10-13/h5-6,9-10,16,24H,4,7-8,11-12H2,1-3H3/t16-/m1/s1. The van der Waals surface area contributed by atoms with Crippen LogP contribution in [0.1, 0.15) is 34.3 Å². The van der Waals surface area contributed by atoms with Gasteiger partial charge in [-0.2, -0.15) is 5.10 Å². The Morgan fingerprint density at radius 3 is 2.85 bits per heavy atom. The lowest BCUT2D eigenvalue weighted by Gasteiger charge is -2.20. The van der Waals surface area contributed by atoms with E-state index in [0.29, 0.717) is 36.8 Å². The van der Waals surface area contributed by atoms with E-state index < -0.39 is 6.10 Å². The van der Waals surface area contributed by atoms with Crippen LogP contribution in [0.5, 0.6) is 5.88 Å². The van der Waals surface area contributed by atoms with Gasteiger partial charge in [0.15, 0.2) is 0 Å². The third kappa shape index (κ3) is 4.03. The number of fused-ring (bicyclic) bond motifs is 1. The molecule has 0 fully saturated rings. The van der Waals surface area contributed by atoms with Gasteiger partial charge in [-0.1, -0.05) is 0 Å². The molecule has 0 aliphatic carbocycles. The fourth-order valence-electron chi connectivity index (χ4n) is 3.07. The number of aromatic nitrogens is 3. The zero-order chi connectivity index (χ0) is 18.7. The van der Waals surface area contributed by atoms with E-state index in [1.54, 1.807) is 24.1 Å². The average molecular weight is 359 g/mol. The fourth-order valence-corrected chi connectivity index (χ4v) is 3.07. The number of aliphatic hydroxyl groups is 1. The molecule has 1 N–H and O–H groups in total. The summed E-state index contributed by atoms with van der Waals surface area (Å²) in [6.07, 6.45) is 1.71. The van der Waals surface area contributed by atoms with Crippen molar-refractivity contribution in [3.05, 3.63) is 41.3 Å². The van der Waals surface area contributed by atoms with Gasteiger partial charge in [-0.3, -0.25) is 9.48 Å². The van der Waals surface area contributed by atoms with Crippen molar-refractivity contribution in [1.82, 2.24) is 24.6 Å². The minimum absolute atomic E-state index is 0.0646. The first-order chi connectivity index (χ1) is 12.5. The van der Waals surface area contributed by atoms with Crippen LogP contribution in [0.4, 0.5) is 0 Å². The quantitative estimate of drug-likeness (QED) is 0.855. The molecule has 0 saturated carbocycles. The second-order valence-corrected chi connectivity index (χ2v) is 6.73. The first-order valence-corrected chi connectivity index (χ1v) is 8.66. The molecular weight excluding hydrogens is 334 g/mol. The normalized spacial score (nSPS) is 15.5. The molecule has 0 spiro atoms. The summed E-state index contributed by atoms with van der Waals surface area (Å²) in [5.74, 6) is 0.417. The van der Waals surface area contributed by atoms with Crippen molar-refractivity contribution in [2.24, 2.45) is 0 Å². The van der Waals surface area contributed by atoms with E-state index in [-0.39, 0.29) is 5.91 Å². The number of rotatable bonds is 5. The summed E-state index contributed by atoms with van der Waals surface area (Å²) in [6, 6.07) is 5.31. The Balaban J connectivity index is 1.76. The van der Waals surface area contributed by atoms with E-state index >= 15 is 0 Å². The van der Waals surface area contributed by atoms with E-state index in [0.717, 1.165) is 18.7 Å². The summed E-state index contributed by atoms with van der Waals surface area (Å²) < 4.78 is 6.94. The number of aliphatic hydroxyl groups excluding tert-OH is 1. The topological polar surface area (TPSA) is 83.7 Å². The predicted octanol–water partition coefficient (Wildman–Crippen LogP) is 0.928. The van der Waals surface area contributed by atoms with Crippen molar-refractivity contribution in [1.29, 1.82) is 0 Å². The number of pyridine rings is 1. The van der Waals surface area contributed by atoms with Crippen molar-refractivity contribution >= 4 is 5.91 Å². The Morgan fingerprint density at radius 2 is 2.19 bits per heavy atom. The SMILES string of the molecule is COc1ccc(C(=O)N2CCCn3nc([C@H](O)CN(C)C)cc3C2)cn1. The second-order valence-electron chi connectivity index (χ2n) is 6.73. The molecule has 140 valence electrons. The Hall–Kier alpha value is -2.45. The molecule has 0 unspecified atom stereocenters. The van der Waals surface area contributed by atoms with Gasteiger partial charge in [0, 0.05) is 31.9 Å². The van der Waals surface area contributed by atoms with Crippen LogP contribution in [0.15, 0.2) is 24.4 Å². The number of hydrogen-bond donors (Lipinski definition) is 1. The highest BCUT2D eigenvalue weighted by Crippen LogP contribution is 2.20. The van der Waals surface area contributed by atoms with Gasteiger partial charge < -0.3 is 19.6 Å². The number of likely N-dealkylation sites (N-methyl/N-ethyl adjacent to an activating group) is 1. The summed E-state index contributed by atoms with van der Waals surface area (Å²) in [7, 11) is 5.36. The smallest absolute Gasteiger partial charge is 0.255 e. The van der Waals surface area contributed by atoms with Gasteiger partial charge >= 0.3 is 0 Å². The number of methoxy groups -OCH3 is 1. The summed E-state index contributed by atoms with van der Waals surface area (Å²) in [5, 5.41) is 14.8. The molecule has 1 aliphatic rings. The minimum atomic E-state index is -0.639. The number of amides is 1. The fraction of sp³-hybridized carbons (Fsp3) is 0.500. The molecule has 1 atom stereocenters. The lowest BCUT2D eigenvalue weighted by atomic mass is 10.2. The first kappa shape index (κ1) is 18.3. The molecule has 3 rings (SSSR count). The van der Waals surface area contributed by atoms with Crippen LogP contribution in [-0.2, 0) is 13.1 Å². The maximum absolute atomic E-state index is 12.8. The Bertz CT molecular complexity index is 757. The lowest BCUT2D eigenvalue weighted by molar-refractivity contribution is 0.0745. The van der Waals surface area contributed by atoms with Gasteiger partial charge in [-0.15, -0.1) is 0 Å². The van der Waals surface area contributed by atoms with Crippen LogP contribution in [-0.4, -0.2) is 69.9 Å². The number of carbonyl (C=O) groups excluding carboxylic acids is 1. The highest BCUT2D eigenvalue weighted by Gasteiger charge is 2.23. The lowest BCUT2D eigenvalue weighted by Crippen LogP contribution is -2.30. The monoisotopic (exact) mass is 359 g/mol. The molecule has 26 heavy (non-hydrogen) atoms. The molecule has 2 aromatic heterocycles. The Labute approximate surface area is 153 Å². The zero-order valence-electron chi connectivity index (χ0n) is 15.4. The predicted molar refractivity (Wildman–Crippen MR) is 95.9 cm³/mol. The van der Waals surface area contributed by atoms with Gasteiger partial charge in [-0.25, -0.2) is 4.98 Å². The van der Waals surface area contributed by atoms with Crippen molar-refractivity contribution < 1.29 is 14.6 Å². The third-order valence-corrected chi connectivity index (χ3v) is 4.39. The highest BCUT2D eigenvalue weighted by molar-refractivity contribution is 5.93. The van der Waals surface area contributed by atoms with Crippen LogP contribution >= 0.6 is 0 Å². The van der Waals surface area contributed by atoms with E-state index in [2.05, 4.69) is 10.1 Å². The molecule has 0 aromatic carbocycles. The summed E-state index contributed by atoms with van der Waals surface area (Å²) in [4.78, 5) is 20.6. The Morgan fingerprint density at radius 1 is 1.38 bits per heavy atom. The number of hydrogen-bond acceptors (Lipinski definition) is 6. The molecule has 8 heteroatoms. The number of nitrogens with zero attached hydrogens (tertiary/aromatic N) is 5. The minimum Gasteiger partial charge on any atom is -0.481 e. The number of aryl methyl sites for hydroxylation is 1. The molecule has 3 heterocycles. The Kier molecular flexibility index (Phi) is 5.53. The van der Waals surface area contributed by atoms with Crippen molar-refractivity contribution in [3.8, 4) is 5.88 Å². The maximum Gasteiger partial charge on any atom is 0.255 e. The van der Waals surface area contributed by atoms with E-state index in [1.165, 1.54) is 6.20 Å². The van der Waals surface area contributed by atoms with Gasteiger partial charge in [0.1, 0.15) is 6.10 Å². The molecule has 0 bridgehead atoms. The molecule has 1 amide bonds. The number of carbonyl (C=O) groups is 1. The van der Waals surface area contributed by atoms with Crippen molar-refractivity contribution in [2.45, 2.75) is 25.6 Å². The maximum atomic E-state index is 12.8. The third-order valence-electron chi connectivity index (χ3n) is 4.39. The summed E-state index contributed by atoms with van der Waals surface area (Å²) in [6.45, 7) is 2.36. The average Bonchev–Trinajstić information content (AvgIpc) is 2.92. The van der Waals surface area contributed by atoms with E-state index in [4.69, 9.17) is 4.74 Å². The number of ether oxygens (including phenoxy) is 1.